The zero-order valence-electron chi connectivity index (χ0n) is 12.2. The van der Waals surface area contributed by atoms with E-state index in [0.717, 1.165) is 25.1 Å². The van der Waals surface area contributed by atoms with Crippen LogP contribution in [-0.2, 0) is 11.2 Å². The summed E-state index contributed by atoms with van der Waals surface area (Å²) in [6.07, 6.45) is 0.732. The monoisotopic (exact) mass is 326 g/mol. The third-order valence-corrected chi connectivity index (χ3v) is 5.23. The summed E-state index contributed by atoms with van der Waals surface area (Å²) < 4.78 is 0. The maximum atomic E-state index is 12.4. The van der Waals surface area contributed by atoms with Crippen LogP contribution in [0.2, 0.25) is 10.0 Å². The van der Waals surface area contributed by atoms with E-state index in [9.17, 15) is 4.79 Å². The standard InChI is InChI=1S/C16H20Cl2N2O/c1-16(2,6-9-3-4-12(17)13(18)5-9)20-15(21)14-10-7-19-8-11(10)14/h3-5,10-11,14,19H,6-8H2,1-2H3,(H,20,21)/t10-,11+,14+. The van der Waals surface area contributed by atoms with E-state index in [2.05, 4.69) is 10.6 Å². The van der Waals surface area contributed by atoms with Crippen molar-refractivity contribution in [2.45, 2.75) is 25.8 Å². The van der Waals surface area contributed by atoms with Gasteiger partial charge in [-0.2, -0.15) is 0 Å². The SMILES string of the molecule is CC(C)(Cc1ccc(Cl)c(Cl)c1)NC(=O)[C@H]1[C@@H]2CNC[C@@H]21. The Morgan fingerprint density at radius 1 is 1.29 bits per heavy atom. The van der Waals surface area contributed by atoms with Gasteiger partial charge in [-0.15, -0.1) is 0 Å². The fourth-order valence-corrected chi connectivity index (χ4v) is 3.75. The first-order chi connectivity index (χ1) is 9.87. The Morgan fingerprint density at radius 2 is 1.95 bits per heavy atom. The number of carbonyl (C=O) groups is 1. The Hall–Kier alpha value is -0.770. The van der Waals surface area contributed by atoms with Gasteiger partial charge in [-0.3, -0.25) is 4.79 Å². The number of benzene rings is 1. The molecule has 21 heavy (non-hydrogen) atoms. The third kappa shape index (κ3) is 3.20. The quantitative estimate of drug-likeness (QED) is 0.893. The summed E-state index contributed by atoms with van der Waals surface area (Å²) in [5.74, 6) is 1.49. The Kier molecular flexibility index (Phi) is 3.93. The van der Waals surface area contributed by atoms with Crippen LogP contribution in [0.3, 0.4) is 0 Å². The van der Waals surface area contributed by atoms with Crippen molar-refractivity contribution in [3.05, 3.63) is 33.8 Å². The van der Waals surface area contributed by atoms with Crippen LogP contribution in [0.4, 0.5) is 0 Å². The van der Waals surface area contributed by atoms with Crippen molar-refractivity contribution >= 4 is 29.1 Å². The second-order valence-electron chi connectivity index (χ2n) is 6.81. The minimum Gasteiger partial charge on any atom is -0.351 e. The first-order valence-corrected chi connectivity index (χ1v) is 8.10. The van der Waals surface area contributed by atoms with Gasteiger partial charge < -0.3 is 10.6 Å². The van der Waals surface area contributed by atoms with Crippen LogP contribution in [0, 0.1) is 17.8 Å². The highest BCUT2D eigenvalue weighted by molar-refractivity contribution is 6.42. The molecular weight excluding hydrogens is 307 g/mol. The molecule has 3 atom stereocenters. The molecule has 1 aromatic rings. The van der Waals surface area contributed by atoms with Crippen molar-refractivity contribution < 1.29 is 4.79 Å². The highest BCUT2D eigenvalue weighted by Gasteiger charge is 2.57. The number of rotatable bonds is 4. The van der Waals surface area contributed by atoms with Crippen LogP contribution in [0.5, 0.6) is 0 Å². The summed E-state index contributed by atoms with van der Waals surface area (Å²) in [5.41, 5.74) is 0.783. The number of carbonyl (C=O) groups excluding carboxylic acids is 1. The number of amides is 1. The predicted octanol–water partition coefficient (Wildman–Crippen LogP) is 2.90. The highest BCUT2D eigenvalue weighted by atomic mass is 35.5. The van der Waals surface area contributed by atoms with Crippen molar-refractivity contribution in [1.29, 1.82) is 0 Å². The zero-order valence-corrected chi connectivity index (χ0v) is 13.8. The summed E-state index contributed by atoms with van der Waals surface area (Å²) in [7, 11) is 0. The molecule has 1 aromatic carbocycles. The Labute approximate surface area is 135 Å². The van der Waals surface area contributed by atoms with Crippen molar-refractivity contribution in [1.82, 2.24) is 10.6 Å². The molecule has 3 nitrogen and oxygen atoms in total. The lowest BCUT2D eigenvalue weighted by molar-refractivity contribution is -0.124. The van der Waals surface area contributed by atoms with Crippen molar-refractivity contribution in [2.24, 2.45) is 17.8 Å². The minimum absolute atomic E-state index is 0.191. The number of fused-ring (bicyclic) bond motifs is 1. The van der Waals surface area contributed by atoms with E-state index in [1.165, 1.54) is 0 Å². The fourth-order valence-electron chi connectivity index (χ4n) is 3.43. The van der Waals surface area contributed by atoms with Gasteiger partial charge in [0.25, 0.3) is 0 Å². The molecule has 2 N–H and O–H groups in total. The number of halogens is 2. The molecule has 1 saturated carbocycles. The van der Waals surface area contributed by atoms with Crippen LogP contribution in [-0.4, -0.2) is 24.5 Å². The highest BCUT2D eigenvalue weighted by Crippen LogP contribution is 2.48. The average Bonchev–Trinajstić information content (AvgIpc) is 2.87. The molecule has 3 rings (SSSR count). The van der Waals surface area contributed by atoms with Gasteiger partial charge >= 0.3 is 0 Å². The molecule has 5 heteroatoms. The number of hydrogen-bond donors (Lipinski definition) is 2. The summed E-state index contributed by atoms with van der Waals surface area (Å²) in [5, 5.41) is 7.61. The third-order valence-electron chi connectivity index (χ3n) is 4.49. The number of nitrogens with one attached hydrogen (secondary N) is 2. The van der Waals surface area contributed by atoms with Gasteiger partial charge in [-0.1, -0.05) is 29.3 Å². The summed E-state index contributed by atoms with van der Waals surface area (Å²) >= 11 is 12.0. The predicted molar refractivity (Wildman–Crippen MR) is 85.7 cm³/mol. The fraction of sp³-hybridized carbons (Fsp3) is 0.562. The molecule has 2 aliphatic rings. The second kappa shape index (κ2) is 5.45. The van der Waals surface area contributed by atoms with Crippen molar-refractivity contribution in [2.75, 3.05) is 13.1 Å². The van der Waals surface area contributed by atoms with E-state index >= 15 is 0 Å². The average molecular weight is 327 g/mol. The molecular formula is C16H20Cl2N2O. The van der Waals surface area contributed by atoms with Crippen molar-refractivity contribution in [3.63, 3.8) is 0 Å². The molecule has 0 unspecified atom stereocenters. The maximum Gasteiger partial charge on any atom is 0.224 e. The smallest absolute Gasteiger partial charge is 0.224 e. The summed E-state index contributed by atoms with van der Waals surface area (Å²) in [6, 6.07) is 5.62. The van der Waals surface area contributed by atoms with E-state index in [1.807, 2.05) is 26.0 Å². The zero-order chi connectivity index (χ0) is 15.2. The number of piperidine rings is 1. The van der Waals surface area contributed by atoms with Crippen LogP contribution in [0.1, 0.15) is 19.4 Å². The molecule has 0 bridgehead atoms. The van der Waals surface area contributed by atoms with Gasteiger partial charge in [0.15, 0.2) is 0 Å². The molecule has 1 aliphatic carbocycles. The first-order valence-electron chi connectivity index (χ1n) is 7.34. The number of hydrogen-bond acceptors (Lipinski definition) is 2. The van der Waals surface area contributed by atoms with Crippen LogP contribution in [0.15, 0.2) is 18.2 Å². The van der Waals surface area contributed by atoms with E-state index in [4.69, 9.17) is 23.2 Å². The van der Waals surface area contributed by atoms with Crippen molar-refractivity contribution in [3.8, 4) is 0 Å². The van der Waals surface area contributed by atoms with Crippen LogP contribution >= 0.6 is 23.2 Å². The Balaban J connectivity index is 1.61. The summed E-state index contributed by atoms with van der Waals surface area (Å²) in [6.45, 7) is 6.06. The largest absolute Gasteiger partial charge is 0.351 e. The van der Waals surface area contributed by atoms with Gasteiger partial charge in [0.1, 0.15) is 0 Å². The molecule has 1 saturated heterocycles. The topological polar surface area (TPSA) is 41.1 Å². The lowest BCUT2D eigenvalue weighted by atomic mass is 9.94. The van der Waals surface area contributed by atoms with Gasteiger partial charge in [-0.25, -0.2) is 0 Å². The molecule has 0 radical (unpaired) electrons. The second-order valence-corrected chi connectivity index (χ2v) is 7.62. The molecule has 0 spiro atoms. The van der Waals surface area contributed by atoms with Gasteiger partial charge in [0, 0.05) is 11.5 Å². The van der Waals surface area contributed by atoms with E-state index < -0.39 is 0 Å². The normalized spacial score (nSPS) is 27.3. The molecule has 0 aromatic heterocycles. The Morgan fingerprint density at radius 3 is 2.57 bits per heavy atom. The lowest BCUT2D eigenvalue weighted by Gasteiger charge is -2.27. The molecule has 1 heterocycles. The van der Waals surface area contributed by atoms with E-state index in [-0.39, 0.29) is 17.4 Å². The molecule has 114 valence electrons. The molecule has 2 fully saturated rings. The van der Waals surface area contributed by atoms with Crippen LogP contribution < -0.4 is 10.6 Å². The summed E-state index contributed by atoms with van der Waals surface area (Å²) in [4.78, 5) is 12.4. The van der Waals surface area contributed by atoms with E-state index in [0.29, 0.717) is 21.9 Å². The Bertz CT molecular complexity index is 563. The minimum atomic E-state index is -0.293. The first kappa shape index (κ1) is 15.1. The van der Waals surface area contributed by atoms with Gasteiger partial charge in [0.2, 0.25) is 5.91 Å². The molecule has 1 aliphatic heterocycles. The maximum absolute atomic E-state index is 12.4. The van der Waals surface area contributed by atoms with Gasteiger partial charge in [-0.05, 0) is 62.9 Å². The van der Waals surface area contributed by atoms with Crippen LogP contribution in [0.25, 0.3) is 0 Å². The molecule has 1 amide bonds. The van der Waals surface area contributed by atoms with E-state index in [1.54, 1.807) is 6.07 Å². The lowest BCUT2D eigenvalue weighted by Crippen LogP contribution is -2.46. The van der Waals surface area contributed by atoms with Gasteiger partial charge in [0.05, 0.1) is 10.0 Å².